The Hall–Kier alpha value is -2.97. The van der Waals surface area contributed by atoms with Gasteiger partial charge < -0.3 is 10.0 Å². The smallest absolute Gasteiger partial charge is 0.379 e. The minimum atomic E-state index is -4.86. The summed E-state index contributed by atoms with van der Waals surface area (Å²) in [5.74, 6) is -2.96. The lowest BCUT2D eigenvalue weighted by Crippen LogP contribution is -2.50. The topological polar surface area (TPSA) is 98.5 Å². The number of carbonyl (C=O) groups excluding carboxylic acids is 1. The van der Waals surface area contributed by atoms with E-state index in [2.05, 4.69) is 0 Å². The number of aliphatic hydroxyl groups is 1. The van der Waals surface area contributed by atoms with Gasteiger partial charge in [0.25, 0.3) is 5.91 Å². The van der Waals surface area contributed by atoms with Gasteiger partial charge in [-0.05, 0) is 49.4 Å². The largest absolute Gasteiger partial charge is 0.417 e. The van der Waals surface area contributed by atoms with Crippen molar-refractivity contribution in [3.63, 3.8) is 0 Å². The molecule has 0 aliphatic rings. The molecule has 0 heterocycles. The van der Waals surface area contributed by atoms with Gasteiger partial charge in [0, 0.05) is 12.7 Å². The van der Waals surface area contributed by atoms with Crippen LogP contribution in [0.4, 0.5) is 23.2 Å². The van der Waals surface area contributed by atoms with Crippen LogP contribution in [0.25, 0.3) is 0 Å². The average Bonchev–Trinajstić information content (AvgIpc) is 2.72. The van der Waals surface area contributed by atoms with Crippen LogP contribution in [0.1, 0.15) is 31.9 Å². The molecule has 2 rings (SSSR count). The predicted octanol–water partition coefficient (Wildman–Crippen LogP) is 3.93. The van der Waals surface area contributed by atoms with Crippen LogP contribution in [-0.4, -0.2) is 37.8 Å². The van der Waals surface area contributed by atoms with Gasteiger partial charge in [-0.25, -0.2) is 12.8 Å². The molecular formula is C21H22F4N2O4S. The third-order valence-electron chi connectivity index (χ3n) is 4.23. The van der Waals surface area contributed by atoms with E-state index in [1.165, 1.54) is 6.07 Å². The van der Waals surface area contributed by atoms with Crippen LogP contribution in [0, 0.1) is 17.1 Å². The molecule has 1 N–H and O–H groups in total. The minimum Gasteiger partial charge on any atom is -0.379 e. The standard InChI is InChI=1S/C19H16F4N2O4S.C2H6/c1-18(27,11-30(28,29)15-7-4-13(20)5-8-15)17(26)25(2)14-6-3-12(10-24)16(9-14)19(21,22)23;1-2/h3-9,27H,11H2,1-2H3;1-2H3. The van der Waals surface area contributed by atoms with E-state index < -0.39 is 50.2 Å². The zero-order valence-electron chi connectivity index (χ0n) is 17.7. The second-order valence-corrected chi connectivity index (χ2v) is 8.68. The fourth-order valence-corrected chi connectivity index (χ4v) is 4.29. The number of rotatable bonds is 5. The summed E-state index contributed by atoms with van der Waals surface area (Å²) in [6.45, 7) is 4.90. The highest BCUT2D eigenvalue weighted by molar-refractivity contribution is 7.91. The molecule has 174 valence electrons. The maximum Gasteiger partial charge on any atom is 0.417 e. The maximum absolute atomic E-state index is 13.1. The summed E-state index contributed by atoms with van der Waals surface area (Å²) in [5, 5.41) is 19.3. The molecule has 1 atom stereocenters. The quantitative estimate of drug-likeness (QED) is 0.523. The van der Waals surface area contributed by atoms with Gasteiger partial charge >= 0.3 is 6.18 Å². The number of likely N-dealkylation sites (N-methyl/N-ethyl adjacent to an activating group) is 1. The number of amides is 1. The number of nitrogens with zero attached hydrogens (tertiary/aromatic N) is 2. The average molecular weight is 474 g/mol. The molecule has 0 aliphatic carbocycles. The Balaban J connectivity index is 0.00000249. The maximum atomic E-state index is 13.1. The summed E-state index contributed by atoms with van der Waals surface area (Å²) in [7, 11) is -3.17. The minimum absolute atomic E-state index is 0.300. The molecule has 2 aromatic carbocycles. The summed E-state index contributed by atoms with van der Waals surface area (Å²) in [6, 6.07) is 7.61. The van der Waals surface area contributed by atoms with E-state index in [-0.39, 0.29) is 10.6 Å². The van der Waals surface area contributed by atoms with Crippen LogP contribution >= 0.6 is 0 Å². The van der Waals surface area contributed by atoms with Crippen molar-refractivity contribution in [2.75, 3.05) is 17.7 Å². The van der Waals surface area contributed by atoms with Crippen molar-refractivity contribution < 1.29 is 35.9 Å². The Morgan fingerprint density at radius 2 is 1.66 bits per heavy atom. The van der Waals surface area contributed by atoms with Crippen molar-refractivity contribution >= 4 is 21.4 Å². The number of benzene rings is 2. The lowest BCUT2D eigenvalue weighted by Gasteiger charge is -2.28. The number of carbonyl (C=O) groups is 1. The fraction of sp³-hybridized carbons (Fsp3) is 0.333. The Labute approximate surface area is 183 Å². The van der Waals surface area contributed by atoms with Crippen molar-refractivity contribution in [1.82, 2.24) is 0 Å². The van der Waals surface area contributed by atoms with E-state index in [0.717, 1.165) is 50.4 Å². The molecular weight excluding hydrogens is 452 g/mol. The molecule has 0 aliphatic heterocycles. The number of hydrogen-bond donors (Lipinski definition) is 1. The molecule has 32 heavy (non-hydrogen) atoms. The van der Waals surface area contributed by atoms with Crippen molar-refractivity contribution in [2.45, 2.75) is 37.4 Å². The van der Waals surface area contributed by atoms with Gasteiger partial charge in [-0.1, -0.05) is 13.8 Å². The van der Waals surface area contributed by atoms with Crippen LogP contribution in [-0.2, 0) is 20.8 Å². The first-order chi connectivity index (χ1) is 14.7. The molecule has 0 spiro atoms. The van der Waals surface area contributed by atoms with E-state index in [9.17, 15) is 35.9 Å². The molecule has 0 radical (unpaired) electrons. The fourth-order valence-electron chi connectivity index (χ4n) is 2.71. The summed E-state index contributed by atoms with van der Waals surface area (Å²) >= 11 is 0. The van der Waals surface area contributed by atoms with E-state index in [1.807, 2.05) is 13.8 Å². The predicted molar refractivity (Wildman–Crippen MR) is 110 cm³/mol. The number of hydrogen-bond acceptors (Lipinski definition) is 5. The van der Waals surface area contributed by atoms with Crippen molar-refractivity contribution in [3.05, 3.63) is 59.4 Å². The molecule has 0 fully saturated rings. The van der Waals surface area contributed by atoms with E-state index in [4.69, 9.17) is 5.26 Å². The zero-order chi connectivity index (χ0) is 24.9. The van der Waals surface area contributed by atoms with E-state index in [0.29, 0.717) is 11.0 Å². The number of halogens is 4. The monoisotopic (exact) mass is 474 g/mol. The number of anilines is 1. The number of sulfone groups is 1. The van der Waals surface area contributed by atoms with Crippen LogP contribution in [0.2, 0.25) is 0 Å². The SMILES string of the molecule is CC.CN(C(=O)C(C)(O)CS(=O)(=O)c1ccc(F)cc1)c1ccc(C#N)c(C(F)(F)F)c1. The normalized spacial score (nSPS) is 13.2. The first-order valence-corrected chi connectivity index (χ1v) is 10.9. The van der Waals surface area contributed by atoms with Gasteiger partial charge in [0.15, 0.2) is 15.4 Å². The molecule has 0 saturated carbocycles. The lowest BCUT2D eigenvalue weighted by molar-refractivity contribution is -0.138. The number of alkyl halides is 3. The molecule has 0 aromatic heterocycles. The summed E-state index contributed by atoms with van der Waals surface area (Å²) < 4.78 is 77.3. The first kappa shape index (κ1) is 27.1. The van der Waals surface area contributed by atoms with E-state index >= 15 is 0 Å². The molecule has 1 amide bonds. The van der Waals surface area contributed by atoms with Crippen molar-refractivity contribution in [3.8, 4) is 6.07 Å². The second-order valence-electron chi connectivity index (χ2n) is 6.69. The van der Waals surface area contributed by atoms with Gasteiger partial charge in [0.1, 0.15) is 5.82 Å². The summed E-state index contributed by atoms with van der Waals surface area (Å²) in [5.41, 5.74) is -4.74. The van der Waals surface area contributed by atoms with Crippen LogP contribution in [0.15, 0.2) is 47.4 Å². The van der Waals surface area contributed by atoms with Gasteiger partial charge in [-0.15, -0.1) is 0 Å². The Kier molecular flexibility index (Phi) is 8.54. The lowest BCUT2D eigenvalue weighted by atomic mass is 10.0. The Bertz CT molecular complexity index is 1110. The third kappa shape index (κ3) is 6.27. The highest BCUT2D eigenvalue weighted by Gasteiger charge is 2.40. The third-order valence-corrected chi connectivity index (χ3v) is 6.16. The highest BCUT2D eigenvalue weighted by Crippen LogP contribution is 2.34. The highest BCUT2D eigenvalue weighted by atomic mass is 32.2. The molecule has 0 bridgehead atoms. The Morgan fingerprint density at radius 3 is 2.12 bits per heavy atom. The first-order valence-electron chi connectivity index (χ1n) is 9.29. The molecule has 0 saturated heterocycles. The van der Waals surface area contributed by atoms with Gasteiger partial charge in [0.05, 0.1) is 27.8 Å². The molecule has 6 nitrogen and oxygen atoms in total. The van der Waals surface area contributed by atoms with Crippen LogP contribution < -0.4 is 4.90 Å². The van der Waals surface area contributed by atoms with Gasteiger partial charge in [0.2, 0.25) is 0 Å². The van der Waals surface area contributed by atoms with Gasteiger partial charge in [-0.2, -0.15) is 18.4 Å². The van der Waals surface area contributed by atoms with Crippen molar-refractivity contribution in [2.24, 2.45) is 0 Å². The van der Waals surface area contributed by atoms with Crippen LogP contribution in [0.5, 0.6) is 0 Å². The molecule has 2 aromatic rings. The van der Waals surface area contributed by atoms with Gasteiger partial charge in [-0.3, -0.25) is 4.79 Å². The zero-order valence-corrected chi connectivity index (χ0v) is 18.6. The second kappa shape index (κ2) is 10.1. The molecule has 1 unspecified atom stereocenters. The molecule has 11 heteroatoms. The van der Waals surface area contributed by atoms with E-state index in [1.54, 1.807) is 0 Å². The summed E-state index contributed by atoms with van der Waals surface area (Å²) in [4.78, 5) is 13.0. The number of nitriles is 1. The summed E-state index contributed by atoms with van der Waals surface area (Å²) in [6.07, 6.45) is -4.86. The van der Waals surface area contributed by atoms with Crippen molar-refractivity contribution in [1.29, 1.82) is 5.26 Å². The van der Waals surface area contributed by atoms with Crippen LogP contribution in [0.3, 0.4) is 0 Å². The Morgan fingerprint density at radius 1 is 1.12 bits per heavy atom.